The van der Waals surface area contributed by atoms with Crippen molar-refractivity contribution in [1.29, 1.82) is 0 Å². The quantitative estimate of drug-likeness (QED) is 0.516. The van der Waals surface area contributed by atoms with Gasteiger partial charge in [-0.25, -0.2) is 0 Å². The summed E-state index contributed by atoms with van der Waals surface area (Å²) < 4.78 is 5.84. The van der Waals surface area contributed by atoms with E-state index < -0.39 is 0 Å². The number of rotatable bonds is 6. The molecule has 1 saturated carbocycles. The maximum Gasteiger partial charge on any atom is 0.193 e. The molecule has 2 aromatic rings. The Labute approximate surface area is 170 Å². The first kappa shape index (κ1) is 20.6. The van der Waals surface area contributed by atoms with E-state index >= 15 is 0 Å². The molecule has 0 spiro atoms. The number of ketones is 1. The van der Waals surface area contributed by atoms with Gasteiger partial charge in [-0.2, -0.15) is 0 Å². The topological polar surface area (TPSA) is 26.3 Å². The molecule has 0 atom stereocenters. The van der Waals surface area contributed by atoms with Gasteiger partial charge in [0.2, 0.25) is 0 Å². The van der Waals surface area contributed by atoms with Gasteiger partial charge in [0.15, 0.2) is 5.78 Å². The van der Waals surface area contributed by atoms with Crippen LogP contribution in [0.15, 0.2) is 48.5 Å². The van der Waals surface area contributed by atoms with Crippen molar-refractivity contribution in [1.82, 2.24) is 0 Å². The van der Waals surface area contributed by atoms with Crippen molar-refractivity contribution in [2.75, 3.05) is 0 Å². The smallest absolute Gasteiger partial charge is 0.193 e. The Morgan fingerprint density at radius 3 is 1.86 bits per heavy atom. The second kappa shape index (κ2) is 7.73. The van der Waals surface area contributed by atoms with E-state index in [0.717, 1.165) is 23.1 Å². The van der Waals surface area contributed by atoms with Crippen LogP contribution in [0.1, 0.15) is 82.3 Å². The molecule has 2 nitrogen and oxygen atoms in total. The molecule has 0 heterocycles. The van der Waals surface area contributed by atoms with Crippen LogP contribution < -0.4 is 4.74 Å². The van der Waals surface area contributed by atoms with Crippen molar-refractivity contribution >= 4 is 5.78 Å². The standard InChI is InChI=1S/C26H34O2/c1-18-15-19(16-18)17-26(5,6)22-11-7-20(8-12-22)24(27)21-9-13-23(14-10-21)28-25(2,3)4/h7-14,18-19H,15-17H2,1-6H3. The second-order valence-corrected chi connectivity index (χ2v) is 10.2. The molecule has 2 heteroatoms. The summed E-state index contributed by atoms with van der Waals surface area (Å²) in [6.45, 7) is 13.0. The fourth-order valence-corrected chi connectivity index (χ4v) is 4.34. The minimum absolute atomic E-state index is 0.0551. The average Bonchev–Trinajstić information content (AvgIpc) is 2.59. The van der Waals surface area contributed by atoms with Gasteiger partial charge in [0.25, 0.3) is 0 Å². The molecule has 2 aromatic carbocycles. The van der Waals surface area contributed by atoms with Gasteiger partial charge in [-0.05, 0) is 87.1 Å². The molecule has 0 aromatic heterocycles. The molecule has 0 N–H and O–H groups in total. The number of carbonyl (C=O) groups excluding carboxylic acids is 1. The lowest BCUT2D eigenvalue weighted by atomic mass is 9.67. The summed E-state index contributed by atoms with van der Waals surface area (Å²) in [4.78, 5) is 12.8. The fraction of sp³-hybridized carbons (Fsp3) is 0.500. The highest BCUT2D eigenvalue weighted by Gasteiger charge is 2.32. The SMILES string of the molecule is CC1CC(CC(C)(C)c2ccc(C(=O)c3ccc(OC(C)(C)C)cc3)cc2)C1. The molecule has 0 aliphatic heterocycles. The molecule has 0 saturated heterocycles. The van der Waals surface area contributed by atoms with Crippen LogP contribution in [0.4, 0.5) is 0 Å². The van der Waals surface area contributed by atoms with Crippen LogP contribution >= 0.6 is 0 Å². The van der Waals surface area contributed by atoms with E-state index in [1.165, 1.54) is 24.8 Å². The number of benzene rings is 2. The molecule has 28 heavy (non-hydrogen) atoms. The summed E-state index contributed by atoms with van der Waals surface area (Å²) in [6.07, 6.45) is 3.93. The van der Waals surface area contributed by atoms with Crippen molar-refractivity contribution in [3.8, 4) is 5.75 Å². The summed E-state index contributed by atoms with van der Waals surface area (Å²) in [7, 11) is 0. The van der Waals surface area contributed by atoms with Crippen LogP contribution in [0.3, 0.4) is 0 Å². The van der Waals surface area contributed by atoms with Gasteiger partial charge in [-0.15, -0.1) is 0 Å². The molecule has 150 valence electrons. The number of carbonyl (C=O) groups is 1. The zero-order valence-electron chi connectivity index (χ0n) is 18.2. The highest BCUT2D eigenvalue weighted by atomic mass is 16.5. The molecule has 1 fully saturated rings. The fourth-order valence-electron chi connectivity index (χ4n) is 4.34. The number of hydrogen-bond donors (Lipinski definition) is 0. The van der Waals surface area contributed by atoms with Gasteiger partial charge in [-0.3, -0.25) is 4.79 Å². The Kier molecular flexibility index (Phi) is 5.70. The number of ether oxygens (including phenoxy) is 1. The first-order valence-electron chi connectivity index (χ1n) is 10.5. The van der Waals surface area contributed by atoms with Gasteiger partial charge in [0, 0.05) is 11.1 Å². The predicted molar refractivity (Wildman–Crippen MR) is 116 cm³/mol. The zero-order chi connectivity index (χ0) is 20.5. The van der Waals surface area contributed by atoms with Gasteiger partial charge in [0.1, 0.15) is 11.4 Å². The third-order valence-corrected chi connectivity index (χ3v) is 5.74. The van der Waals surface area contributed by atoms with E-state index in [2.05, 4.69) is 32.9 Å². The normalized spacial score (nSPS) is 19.8. The molecule has 0 unspecified atom stereocenters. The van der Waals surface area contributed by atoms with E-state index in [1.807, 2.05) is 57.2 Å². The van der Waals surface area contributed by atoms with Crippen molar-refractivity contribution in [3.63, 3.8) is 0 Å². The maximum atomic E-state index is 12.8. The average molecular weight is 379 g/mol. The van der Waals surface area contributed by atoms with Crippen LogP contribution in [0, 0.1) is 11.8 Å². The van der Waals surface area contributed by atoms with Crippen molar-refractivity contribution in [3.05, 3.63) is 65.2 Å². The third kappa shape index (κ3) is 5.04. The maximum absolute atomic E-state index is 12.8. The van der Waals surface area contributed by atoms with Crippen molar-refractivity contribution in [2.24, 2.45) is 11.8 Å². The molecular weight excluding hydrogens is 344 g/mol. The van der Waals surface area contributed by atoms with E-state index in [4.69, 9.17) is 4.74 Å². The lowest BCUT2D eigenvalue weighted by Crippen LogP contribution is -2.29. The van der Waals surface area contributed by atoms with E-state index in [1.54, 1.807) is 0 Å². The Morgan fingerprint density at radius 2 is 1.39 bits per heavy atom. The lowest BCUT2D eigenvalue weighted by molar-refractivity contribution is 0.103. The highest BCUT2D eigenvalue weighted by Crippen LogP contribution is 2.42. The van der Waals surface area contributed by atoms with Gasteiger partial charge in [0.05, 0.1) is 0 Å². The minimum atomic E-state index is -0.244. The van der Waals surface area contributed by atoms with Crippen LogP contribution in [0.5, 0.6) is 5.75 Å². The van der Waals surface area contributed by atoms with E-state index in [9.17, 15) is 4.79 Å². The Hall–Kier alpha value is -2.09. The molecule has 1 aliphatic carbocycles. The second-order valence-electron chi connectivity index (χ2n) is 10.2. The highest BCUT2D eigenvalue weighted by molar-refractivity contribution is 6.09. The summed E-state index contributed by atoms with van der Waals surface area (Å²) in [6, 6.07) is 15.6. The molecule has 0 amide bonds. The Balaban J connectivity index is 1.68. The molecular formula is C26H34O2. The van der Waals surface area contributed by atoms with Crippen LogP contribution in [-0.4, -0.2) is 11.4 Å². The van der Waals surface area contributed by atoms with E-state index in [0.29, 0.717) is 5.56 Å². The Bertz CT molecular complexity index is 801. The van der Waals surface area contributed by atoms with Crippen LogP contribution in [0.2, 0.25) is 0 Å². The van der Waals surface area contributed by atoms with Gasteiger partial charge < -0.3 is 4.74 Å². The molecule has 0 bridgehead atoms. The third-order valence-electron chi connectivity index (χ3n) is 5.74. The van der Waals surface area contributed by atoms with Gasteiger partial charge >= 0.3 is 0 Å². The lowest BCUT2D eigenvalue weighted by Gasteiger charge is -2.39. The van der Waals surface area contributed by atoms with E-state index in [-0.39, 0.29) is 16.8 Å². The van der Waals surface area contributed by atoms with Crippen LogP contribution in [0.25, 0.3) is 0 Å². The molecule has 0 radical (unpaired) electrons. The van der Waals surface area contributed by atoms with Crippen molar-refractivity contribution in [2.45, 2.75) is 71.8 Å². The van der Waals surface area contributed by atoms with Crippen LogP contribution in [-0.2, 0) is 5.41 Å². The zero-order valence-corrected chi connectivity index (χ0v) is 18.2. The largest absolute Gasteiger partial charge is 0.488 e. The number of hydrogen-bond acceptors (Lipinski definition) is 2. The molecule has 1 aliphatic rings. The monoisotopic (exact) mass is 378 g/mol. The minimum Gasteiger partial charge on any atom is -0.488 e. The summed E-state index contributed by atoms with van der Waals surface area (Å²) in [5.41, 5.74) is 2.65. The first-order chi connectivity index (χ1) is 13.0. The Morgan fingerprint density at radius 1 is 0.893 bits per heavy atom. The summed E-state index contributed by atoms with van der Waals surface area (Å²) in [5.74, 6) is 2.58. The first-order valence-corrected chi connectivity index (χ1v) is 10.5. The predicted octanol–water partition coefficient (Wildman–Crippen LogP) is 6.81. The molecule has 3 rings (SSSR count). The van der Waals surface area contributed by atoms with Gasteiger partial charge in [-0.1, -0.05) is 45.0 Å². The van der Waals surface area contributed by atoms with Crippen molar-refractivity contribution < 1.29 is 9.53 Å². The summed E-state index contributed by atoms with van der Waals surface area (Å²) >= 11 is 0. The summed E-state index contributed by atoms with van der Waals surface area (Å²) in [5, 5.41) is 0.